The Balaban J connectivity index is 1.67. The summed E-state index contributed by atoms with van der Waals surface area (Å²) in [5, 5.41) is 9.81. The Morgan fingerprint density at radius 3 is 2.07 bits per heavy atom. The molecule has 0 radical (unpaired) electrons. The van der Waals surface area contributed by atoms with E-state index in [1.165, 1.54) is 0 Å². The van der Waals surface area contributed by atoms with Crippen LogP contribution in [0, 0.1) is 0 Å². The molecule has 0 bridgehead atoms. The standard InChI is InChI=1S/C18H32N8O/c1-12(2)20-16-22-17(21-13(3)4)24-18(23-16)26-10-8-25(9-11-26)15(27)14-6-5-7-19-14/h12-14,19H,5-11H2,1-4H3,(H2,20,21,22,23,24). The predicted octanol–water partition coefficient (Wildman–Crippen LogP) is 0.913. The second-order valence-corrected chi connectivity index (χ2v) is 7.84. The van der Waals surface area contributed by atoms with Crippen molar-refractivity contribution in [3.63, 3.8) is 0 Å². The van der Waals surface area contributed by atoms with Crippen LogP contribution in [-0.2, 0) is 4.79 Å². The van der Waals surface area contributed by atoms with Gasteiger partial charge in [0.2, 0.25) is 23.8 Å². The number of piperazine rings is 1. The van der Waals surface area contributed by atoms with E-state index in [2.05, 4.69) is 63.5 Å². The van der Waals surface area contributed by atoms with Gasteiger partial charge in [0.15, 0.2) is 0 Å². The molecular formula is C18H32N8O. The Hall–Kier alpha value is -2.16. The maximum Gasteiger partial charge on any atom is 0.239 e. The fourth-order valence-corrected chi connectivity index (χ4v) is 3.39. The van der Waals surface area contributed by atoms with Crippen LogP contribution in [0.2, 0.25) is 0 Å². The zero-order valence-electron chi connectivity index (χ0n) is 16.8. The van der Waals surface area contributed by atoms with Crippen LogP contribution >= 0.6 is 0 Å². The quantitative estimate of drug-likeness (QED) is 0.674. The molecule has 1 aromatic rings. The van der Waals surface area contributed by atoms with E-state index in [1.54, 1.807) is 0 Å². The molecule has 2 fully saturated rings. The second-order valence-electron chi connectivity index (χ2n) is 7.84. The highest BCUT2D eigenvalue weighted by Gasteiger charge is 2.30. The number of rotatable bonds is 6. The number of carbonyl (C=O) groups is 1. The molecular weight excluding hydrogens is 344 g/mol. The van der Waals surface area contributed by atoms with Gasteiger partial charge in [-0.3, -0.25) is 4.79 Å². The van der Waals surface area contributed by atoms with E-state index >= 15 is 0 Å². The molecule has 1 aromatic heterocycles. The monoisotopic (exact) mass is 376 g/mol. The summed E-state index contributed by atoms with van der Waals surface area (Å²) in [6.45, 7) is 12.0. The lowest BCUT2D eigenvalue weighted by Gasteiger charge is -2.36. The van der Waals surface area contributed by atoms with Gasteiger partial charge in [-0.1, -0.05) is 0 Å². The predicted molar refractivity (Wildman–Crippen MR) is 107 cm³/mol. The molecule has 2 saturated heterocycles. The number of aromatic nitrogens is 3. The fraction of sp³-hybridized carbons (Fsp3) is 0.778. The second kappa shape index (κ2) is 8.69. The molecule has 1 unspecified atom stereocenters. The molecule has 0 aromatic carbocycles. The van der Waals surface area contributed by atoms with Gasteiger partial charge in [-0.2, -0.15) is 15.0 Å². The van der Waals surface area contributed by atoms with Gasteiger partial charge < -0.3 is 25.8 Å². The lowest BCUT2D eigenvalue weighted by Crippen LogP contribution is -2.53. The highest BCUT2D eigenvalue weighted by molar-refractivity contribution is 5.82. The Bertz CT molecular complexity index is 608. The van der Waals surface area contributed by atoms with Crippen molar-refractivity contribution in [1.29, 1.82) is 0 Å². The summed E-state index contributed by atoms with van der Waals surface area (Å²) in [7, 11) is 0. The average Bonchev–Trinajstić information content (AvgIpc) is 3.14. The van der Waals surface area contributed by atoms with Gasteiger partial charge in [0.1, 0.15) is 0 Å². The van der Waals surface area contributed by atoms with Crippen molar-refractivity contribution in [2.75, 3.05) is 48.3 Å². The minimum atomic E-state index is -0.00239. The van der Waals surface area contributed by atoms with Crippen molar-refractivity contribution >= 4 is 23.8 Å². The van der Waals surface area contributed by atoms with Crippen LogP contribution in [0.15, 0.2) is 0 Å². The van der Waals surface area contributed by atoms with E-state index < -0.39 is 0 Å². The Morgan fingerprint density at radius 2 is 1.59 bits per heavy atom. The molecule has 9 heteroatoms. The molecule has 1 atom stereocenters. The number of hydrogen-bond acceptors (Lipinski definition) is 8. The first kappa shape index (κ1) is 19.6. The van der Waals surface area contributed by atoms with Gasteiger partial charge in [0.05, 0.1) is 6.04 Å². The third kappa shape index (κ3) is 5.18. The summed E-state index contributed by atoms with van der Waals surface area (Å²) in [6.07, 6.45) is 2.03. The van der Waals surface area contributed by atoms with Crippen LogP contribution in [0.5, 0.6) is 0 Å². The molecule has 1 amide bonds. The summed E-state index contributed by atoms with van der Waals surface area (Å²) in [4.78, 5) is 30.3. The minimum Gasteiger partial charge on any atom is -0.352 e. The van der Waals surface area contributed by atoms with Crippen molar-refractivity contribution in [3.8, 4) is 0 Å². The van der Waals surface area contributed by atoms with Crippen molar-refractivity contribution < 1.29 is 4.79 Å². The molecule has 0 spiro atoms. The van der Waals surface area contributed by atoms with E-state index in [0.717, 1.165) is 32.5 Å². The first-order chi connectivity index (χ1) is 12.9. The fourth-order valence-electron chi connectivity index (χ4n) is 3.39. The lowest BCUT2D eigenvalue weighted by molar-refractivity contribution is -0.133. The molecule has 2 aliphatic rings. The molecule has 2 aliphatic heterocycles. The Labute approximate surface area is 161 Å². The maximum atomic E-state index is 12.6. The van der Waals surface area contributed by atoms with Gasteiger partial charge in [0.25, 0.3) is 0 Å². The normalized spacial score (nSPS) is 20.4. The van der Waals surface area contributed by atoms with E-state index in [9.17, 15) is 4.79 Å². The van der Waals surface area contributed by atoms with Gasteiger partial charge in [-0.15, -0.1) is 0 Å². The summed E-state index contributed by atoms with van der Waals surface area (Å²) in [6, 6.07) is 0.471. The lowest BCUT2D eigenvalue weighted by atomic mass is 10.2. The average molecular weight is 377 g/mol. The van der Waals surface area contributed by atoms with Gasteiger partial charge in [-0.25, -0.2) is 0 Å². The molecule has 9 nitrogen and oxygen atoms in total. The van der Waals surface area contributed by atoms with E-state index in [0.29, 0.717) is 30.9 Å². The number of hydrogen-bond donors (Lipinski definition) is 3. The third-order valence-electron chi connectivity index (χ3n) is 4.69. The van der Waals surface area contributed by atoms with Crippen molar-refractivity contribution in [2.45, 2.75) is 58.7 Å². The van der Waals surface area contributed by atoms with Gasteiger partial charge >= 0.3 is 0 Å². The van der Waals surface area contributed by atoms with E-state index in [-0.39, 0.29) is 24.0 Å². The highest BCUT2D eigenvalue weighted by Crippen LogP contribution is 2.18. The number of amides is 1. The van der Waals surface area contributed by atoms with Crippen LogP contribution in [0.4, 0.5) is 17.8 Å². The van der Waals surface area contributed by atoms with Crippen LogP contribution in [-0.4, -0.2) is 76.6 Å². The summed E-state index contributed by atoms with van der Waals surface area (Å²) in [5.74, 6) is 2.04. The van der Waals surface area contributed by atoms with Crippen LogP contribution in [0.1, 0.15) is 40.5 Å². The minimum absolute atomic E-state index is 0.00239. The zero-order chi connectivity index (χ0) is 19.4. The van der Waals surface area contributed by atoms with Crippen LogP contribution < -0.4 is 20.9 Å². The molecule has 150 valence electrons. The van der Waals surface area contributed by atoms with Gasteiger partial charge in [0, 0.05) is 38.3 Å². The van der Waals surface area contributed by atoms with Gasteiger partial charge in [-0.05, 0) is 47.1 Å². The number of nitrogens with one attached hydrogen (secondary N) is 3. The molecule has 3 rings (SSSR count). The molecule has 0 aliphatic carbocycles. The Morgan fingerprint density at radius 1 is 1.00 bits per heavy atom. The van der Waals surface area contributed by atoms with E-state index in [4.69, 9.17) is 0 Å². The van der Waals surface area contributed by atoms with E-state index in [1.807, 2.05) is 4.90 Å². The maximum absolute atomic E-state index is 12.6. The third-order valence-corrected chi connectivity index (χ3v) is 4.69. The van der Waals surface area contributed by atoms with Crippen molar-refractivity contribution in [1.82, 2.24) is 25.2 Å². The highest BCUT2D eigenvalue weighted by atomic mass is 16.2. The van der Waals surface area contributed by atoms with Crippen molar-refractivity contribution in [2.24, 2.45) is 0 Å². The number of nitrogens with zero attached hydrogens (tertiary/aromatic N) is 5. The first-order valence-electron chi connectivity index (χ1n) is 9.98. The number of carbonyl (C=O) groups excluding carboxylic acids is 1. The smallest absolute Gasteiger partial charge is 0.239 e. The Kier molecular flexibility index (Phi) is 6.30. The summed E-state index contributed by atoms with van der Waals surface area (Å²) < 4.78 is 0. The summed E-state index contributed by atoms with van der Waals surface area (Å²) >= 11 is 0. The molecule has 3 heterocycles. The zero-order valence-corrected chi connectivity index (χ0v) is 16.8. The van der Waals surface area contributed by atoms with Crippen molar-refractivity contribution in [3.05, 3.63) is 0 Å². The topological polar surface area (TPSA) is 98.3 Å². The molecule has 3 N–H and O–H groups in total. The largest absolute Gasteiger partial charge is 0.352 e. The van der Waals surface area contributed by atoms with Crippen LogP contribution in [0.25, 0.3) is 0 Å². The summed E-state index contributed by atoms with van der Waals surface area (Å²) in [5.41, 5.74) is 0. The van der Waals surface area contributed by atoms with Crippen LogP contribution in [0.3, 0.4) is 0 Å². The molecule has 0 saturated carbocycles. The number of anilines is 3. The molecule has 27 heavy (non-hydrogen) atoms. The SMILES string of the molecule is CC(C)Nc1nc(NC(C)C)nc(N2CCN(C(=O)C3CCCN3)CC2)n1. The first-order valence-corrected chi connectivity index (χ1v) is 9.98.